The maximum Gasteiger partial charge on any atom is 0.228 e. The fourth-order valence-electron chi connectivity index (χ4n) is 1.78. The number of rotatable bonds is 5. The molecule has 0 saturated carbocycles. The summed E-state index contributed by atoms with van der Waals surface area (Å²) < 4.78 is 46.6. The normalized spacial score (nSPS) is 23.8. The van der Waals surface area contributed by atoms with Crippen molar-refractivity contribution in [2.45, 2.75) is 12.8 Å². The SMILES string of the molecule is CS(=O)(=O)CS(=O)(=O)N1CCC(CCCl)C1. The number of sulfone groups is 1. The summed E-state index contributed by atoms with van der Waals surface area (Å²) in [6, 6.07) is 0. The molecule has 0 aromatic rings. The lowest BCUT2D eigenvalue weighted by atomic mass is 10.1. The third kappa shape index (κ3) is 4.20. The maximum absolute atomic E-state index is 11.7. The monoisotopic (exact) mass is 289 g/mol. The molecular weight excluding hydrogens is 274 g/mol. The van der Waals surface area contributed by atoms with Crippen LogP contribution in [0.2, 0.25) is 0 Å². The molecule has 0 bridgehead atoms. The minimum Gasteiger partial charge on any atom is -0.228 e. The average Bonchev–Trinajstić information content (AvgIpc) is 2.49. The molecule has 1 heterocycles. The first-order valence-corrected chi connectivity index (χ1v) is 9.16. The van der Waals surface area contributed by atoms with Gasteiger partial charge >= 0.3 is 0 Å². The molecule has 0 amide bonds. The minimum atomic E-state index is -3.67. The molecule has 0 spiro atoms. The van der Waals surface area contributed by atoms with Crippen LogP contribution in [-0.2, 0) is 19.9 Å². The second-order valence-electron chi connectivity index (χ2n) is 4.15. The number of sulfonamides is 1. The highest BCUT2D eigenvalue weighted by atomic mass is 35.5. The van der Waals surface area contributed by atoms with Gasteiger partial charge in [0.1, 0.15) is 0 Å². The summed E-state index contributed by atoms with van der Waals surface area (Å²) >= 11 is 5.59. The minimum absolute atomic E-state index is 0.256. The van der Waals surface area contributed by atoms with E-state index in [1.807, 2.05) is 0 Å². The standard InChI is InChI=1S/C8H16ClNO4S2/c1-15(11,12)7-16(13,14)10-5-3-8(6-10)2-4-9/h8H,2-7H2,1H3. The number of alkyl halides is 1. The summed E-state index contributed by atoms with van der Waals surface area (Å²) in [4.78, 5) is 0. The Morgan fingerprint density at radius 2 is 1.94 bits per heavy atom. The van der Waals surface area contributed by atoms with E-state index >= 15 is 0 Å². The molecule has 1 unspecified atom stereocenters. The third-order valence-corrected chi connectivity index (χ3v) is 6.76. The third-order valence-electron chi connectivity index (χ3n) is 2.52. The highest BCUT2D eigenvalue weighted by molar-refractivity contribution is 8.06. The lowest BCUT2D eigenvalue weighted by molar-refractivity contribution is 0.456. The molecule has 1 atom stereocenters. The zero-order valence-electron chi connectivity index (χ0n) is 9.09. The van der Waals surface area contributed by atoms with Crippen LogP contribution in [0.15, 0.2) is 0 Å². The van der Waals surface area contributed by atoms with Crippen LogP contribution in [0.5, 0.6) is 0 Å². The molecule has 1 saturated heterocycles. The summed E-state index contributed by atoms with van der Waals surface area (Å²) in [7, 11) is -7.17. The van der Waals surface area contributed by atoms with E-state index in [0.29, 0.717) is 19.0 Å². The van der Waals surface area contributed by atoms with Gasteiger partial charge in [-0.15, -0.1) is 11.6 Å². The topological polar surface area (TPSA) is 71.5 Å². The molecule has 96 valence electrons. The van der Waals surface area contributed by atoms with Gasteiger partial charge in [0.15, 0.2) is 14.9 Å². The zero-order valence-corrected chi connectivity index (χ0v) is 11.5. The molecule has 1 rings (SSSR count). The van der Waals surface area contributed by atoms with E-state index in [1.165, 1.54) is 4.31 Å². The predicted molar refractivity (Wildman–Crippen MR) is 63.6 cm³/mol. The van der Waals surface area contributed by atoms with Crippen LogP contribution < -0.4 is 0 Å². The molecule has 0 radical (unpaired) electrons. The highest BCUT2D eigenvalue weighted by Crippen LogP contribution is 2.23. The summed E-state index contributed by atoms with van der Waals surface area (Å²) in [6.07, 6.45) is 2.46. The van der Waals surface area contributed by atoms with Crippen molar-refractivity contribution in [2.75, 3.05) is 30.3 Å². The van der Waals surface area contributed by atoms with Gasteiger partial charge in [-0.25, -0.2) is 21.1 Å². The Balaban J connectivity index is 2.66. The van der Waals surface area contributed by atoms with Crippen LogP contribution in [-0.4, -0.2) is 51.5 Å². The summed E-state index contributed by atoms with van der Waals surface area (Å²) in [5.74, 6) is 0.761. The molecule has 5 nitrogen and oxygen atoms in total. The molecule has 0 aliphatic carbocycles. The Labute approximate surface area is 102 Å². The van der Waals surface area contributed by atoms with Gasteiger partial charge in [0.2, 0.25) is 10.0 Å². The highest BCUT2D eigenvalue weighted by Gasteiger charge is 2.32. The average molecular weight is 290 g/mol. The van der Waals surface area contributed by atoms with Crippen LogP contribution in [0.4, 0.5) is 0 Å². The lowest BCUT2D eigenvalue weighted by Crippen LogP contribution is -2.33. The van der Waals surface area contributed by atoms with E-state index in [1.54, 1.807) is 0 Å². The van der Waals surface area contributed by atoms with Gasteiger partial charge in [-0.05, 0) is 18.8 Å². The van der Waals surface area contributed by atoms with Crippen molar-refractivity contribution in [1.82, 2.24) is 4.31 Å². The van der Waals surface area contributed by atoms with Crippen LogP contribution >= 0.6 is 11.6 Å². The molecule has 0 aromatic heterocycles. The van der Waals surface area contributed by atoms with Crippen LogP contribution in [0.25, 0.3) is 0 Å². The van der Waals surface area contributed by atoms with E-state index in [4.69, 9.17) is 11.6 Å². The molecule has 0 N–H and O–H groups in total. The summed E-state index contributed by atoms with van der Waals surface area (Å²) in [5.41, 5.74) is 0. The van der Waals surface area contributed by atoms with Crippen molar-refractivity contribution in [3.63, 3.8) is 0 Å². The van der Waals surface area contributed by atoms with Gasteiger partial charge in [0.05, 0.1) is 0 Å². The predicted octanol–water partition coefficient (Wildman–Crippen LogP) is 0.269. The van der Waals surface area contributed by atoms with Crippen LogP contribution in [0.1, 0.15) is 12.8 Å². The molecule has 1 aliphatic rings. The first-order chi connectivity index (χ1) is 7.24. The molecule has 8 heteroatoms. The van der Waals surface area contributed by atoms with Crippen LogP contribution in [0.3, 0.4) is 0 Å². The Kier molecular flexibility index (Phi) is 4.62. The van der Waals surface area contributed by atoms with Gasteiger partial charge in [0.25, 0.3) is 0 Å². The first-order valence-electron chi connectivity index (χ1n) is 4.96. The molecule has 16 heavy (non-hydrogen) atoms. The van der Waals surface area contributed by atoms with Crippen molar-refractivity contribution >= 4 is 31.5 Å². The van der Waals surface area contributed by atoms with Crippen molar-refractivity contribution in [3.05, 3.63) is 0 Å². The van der Waals surface area contributed by atoms with E-state index in [-0.39, 0.29) is 5.92 Å². The Hall–Kier alpha value is 0.150. The van der Waals surface area contributed by atoms with Gasteiger partial charge in [-0.3, -0.25) is 0 Å². The van der Waals surface area contributed by atoms with Crippen molar-refractivity contribution in [1.29, 1.82) is 0 Å². The van der Waals surface area contributed by atoms with E-state index < -0.39 is 24.9 Å². The van der Waals surface area contributed by atoms with Gasteiger partial charge < -0.3 is 0 Å². The van der Waals surface area contributed by atoms with E-state index in [2.05, 4.69) is 0 Å². The number of nitrogens with zero attached hydrogens (tertiary/aromatic N) is 1. The van der Waals surface area contributed by atoms with Crippen molar-refractivity contribution in [2.24, 2.45) is 5.92 Å². The number of hydrogen-bond acceptors (Lipinski definition) is 4. The van der Waals surface area contributed by atoms with Gasteiger partial charge in [-0.1, -0.05) is 0 Å². The van der Waals surface area contributed by atoms with Crippen molar-refractivity contribution in [3.8, 4) is 0 Å². The second kappa shape index (κ2) is 5.20. The molecular formula is C8H16ClNO4S2. The zero-order chi connectivity index (χ0) is 12.4. The molecule has 1 aliphatic heterocycles. The van der Waals surface area contributed by atoms with E-state index in [9.17, 15) is 16.8 Å². The van der Waals surface area contributed by atoms with Crippen molar-refractivity contribution < 1.29 is 16.8 Å². The fourth-order valence-corrected chi connectivity index (χ4v) is 5.68. The Morgan fingerprint density at radius 1 is 1.31 bits per heavy atom. The second-order valence-corrected chi connectivity index (χ2v) is 9.00. The maximum atomic E-state index is 11.7. The van der Waals surface area contributed by atoms with Gasteiger partial charge in [-0.2, -0.15) is 0 Å². The quantitative estimate of drug-likeness (QED) is 0.681. The molecule has 0 aromatic carbocycles. The smallest absolute Gasteiger partial charge is 0.228 e. The lowest BCUT2D eigenvalue weighted by Gasteiger charge is -2.15. The molecule has 1 fully saturated rings. The Morgan fingerprint density at radius 3 is 2.44 bits per heavy atom. The van der Waals surface area contributed by atoms with Crippen LogP contribution in [0, 0.1) is 5.92 Å². The first kappa shape index (κ1) is 14.2. The van der Waals surface area contributed by atoms with Gasteiger partial charge in [0, 0.05) is 25.2 Å². The number of halogens is 1. The largest absolute Gasteiger partial charge is 0.228 e. The van der Waals surface area contributed by atoms with E-state index in [0.717, 1.165) is 19.1 Å². The fraction of sp³-hybridized carbons (Fsp3) is 1.00. The Bertz CT molecular complexity index is 431. The summed E-state index contributed by atoms with van der Waals surface area (Å²) in [5, 5.41) is -0.798. The summed E-state index contributed by atoms with van der Waals surface area (Å²) in [6.45, 7) is 0.796. The number of hydrogen-bond donors (Lipinski definition) is 0.